The summed E-state index contributed by atoms with van der Waals surface area (Å²) >= 11 is 0. The zero-order chi connectivity index (χ0) is 10.3. The van der Waals surface area contributed by atoms with Gasteiger partial charge in [0, 0.05) is 21.6 Å². The molecule has 0 unspecified atom stereocenters. The molecule has 1 N–H and O–H groups in total. The first-order valence-corrected chi connectivity index (χ1v) is 4.71. The summed E-state index contributed by atoms with van der Waals surface area (Å²) in [6.07, 6.45) is 0.996. The quantitative estimate of drug-likeness (QED) is 0.651. The Balaban J connectivity index is 0. The smallest absolute Gasteiger partial charge is 0.317 e. The molecule has 13 heavy (non-hydrogen) atoms. The summed E-state index contributed by atoms with van der Waals surface area (Å²) < 4.78 is 0. The molecule has 0 radical (unpaired) electrons. The van der Waals surface area contributed by atoms with Gasteiger partial charge in [-0.15, -0.1) is 0 Å². The van der Waals surface area contributed by atoms with E-state index in [1.807, 2.05) is 21.0 Å². The Labute approximate surface area is 82.4 Å². The molecule has 0 spiro atoms. The summed E-state index contributed by atoms with van der Waals surface area (Å²) in [7, 11) is 5.85. The third kappa shape index (κ3) is 6.40. The predicted octanol–water partition coefficient (Wildman–Crippen LogP) is 0.845. The molecular formula is C9H23N3O. The van der Waals surface area contributed by atoms with Crippen LogP contribution in [0, 0.1) is 0 Å². The van der Waals surface area contributed by atoms with Crippen LogP contribution in [0.4, 0.5) is 4.79 Å². The summed E-state index contributed by atoms with van der Waals surface area (Å²) in [5.41, 5.74) is 0. The maximum Gasteiger partial charge on any atom is 0.317 e. The van der Waals surface area contributed by atoms with E-state index in [2.05, 4.69) is 10.2 Å². The Morgan fingerprint density at radius 2 is 2.00 bits per heavy atom. The molecule has 2 amide bonds. The van der Waals surface area contributed by atoms with Crippen LogP contribution in [-0.4, -0.2) is 56.6 Å². The van der Waals surface area contributed by atoms with E-state index in [1.54, 1.807) is 11.9 Å². The monoisotopic (exact) mass is 189 g/mol. The summed E-state index contributed by atoms with van der Waals surface area (Å²) in [6.45, 7) is 4.47. The van der Waals surface area contributed by atoms with Gasteiger partial charge in [-0.2, -0.15) is 0 Å². The molecule has 0 saturated heterocycles. The molecular weight excluding hydrogens is 166 g/mol. The first-order valence-electron chi connectivity index (χ1n) is 4.71. The van der Waals surface area contributed by atoms with E-state index in [0.717, 1.165) is 26.1 Å². The van der Waals surface area contributed by atoms with E-state index in [-0.39, 0.29) is 7.46 Å². The molecule has 0 aliphatic carbocycles. The Hall–Kier alpha value is -0.770. The fourth-order valence-electron chi connectivity index (χ4n) is 0.869. The lowest BCUT2D eigenvalue weighted by Gasteiger charge is -2.16. The normalized spacial score (nSPS) is 10.2. The molecule has 4 heteroatoms. The average Bonchev–Trinajstić information content (AvgIpc) is 2.10. The van der Waals surface area contributed by atoms with Gasteiger partial charge >= 0.3 is 6.03 Å². The maximum atomic E-state index is 11.2. The van der Waals surface area contributed by atoms with Crippen LogP contribution in [0.3, 0.4) is 0 Å². The van der Waals surface area contributed by atoms with Crippen molar-refractivity contribution in [1.29, 1.82) is 0 Å². The molecule has 0 aliphatic rings. The molecule has 0 rings (SSSR count). The highest BCUT2D eigenvalue weighted by atomic mass is 16.2. The van der Waals surface area contributed by atoms with Crippen molar-refractivity contribution in [3.63, 3.8) is 0 Å². The van der Waals surface area contributed by atoms with Gasteiger partial charge in [-0.05, 0) is 34.0 Å². The van der Waals surface area contributed by atoms with Crippen molar-refractivity contribution in [2.24, 2.45) is 0 Å². The fourth-order valence-corrected chi connectivity index (χ4v) is 0.869. The van der Waals surface area contributed by atoms with Crippen molar-refractivity contribution in [2.75, 3.05) is 40.8 Å². The van der Waals surface area contributed by atoms with Crippen LogP contribution in [0.25, 0.3) is 0 Å². The first-order chi connectivity index (χ1) is 6.07. The number of hydrogen-bond donors (Lipinski definition) is 1. The van der Waals surface area contributed by atoms with Crippen LogP contribution < -0.4 is 5.32 Å². The second-order valence-corrected chi connectivity index (χ2v) is 3.40. The fraction of sp³-hybridized carbons (Fsp3) is 0.889. The van der Waals surface area contributed by atoms with Crippen molar-refractivity contribution >= 4 is 6.03 Å². The molecule has 0 aliphatic heterocycles. The van der Waals surface area contributed by atoms with Gasteiger partial charge in [-0.3, -0.25) is 0 Å². The molecule has 0 atom stereocenters. The minimum Gasteiger partial charge on any atom is -0.338 e. The number of carbonyl (C=O) groups is 1. The molecule has 0 fully saturated rings. The predicted molar refractivity (Wildman–Crippen MR) is 57.0 cm³/mol. The SMILES string of the molecule is CCN(C)C(=O)NCCCN(C)C.[HH]. The first kappa shape index (κ1) is 12.2. The highest BCUT2D eigenvalue weighted by Gasteiger charge is 2.03. The van der Waals surface area contributed by atoms with Crippen molar-refractivity contribution in [1.82, 2.24) is 15.1 Å². The number of nitrogens with zero attached hydrogens (tertiary/aromatic N) is 2. The Morgan fingerprint density at radius 3 is 2.46 bits per heavy atom. The van der Waals surface area contributed by atoms with Gasteiger partial charge in [-0.25, -0.2) is 4.79 Å². The maximum absolute atomic E-state index is 11.2. The van der Waals surface area contributed by atoms with E-state index >= 15 is 0 Å². The average molecular weight is 189 g/mol. The summed E-state index contributed by atoms with van der Waals surface area (Å²) in [4.78, 5) is 15.0. The van der Waals surface area contributed by atoms with E-state index in [1.165, 1.54) is 0 Å². The molecule has 0 saturated carbocycles. The van der Waals surface area contributed by atoms with Gasteiger partial charge in [0.15, 0.2) is 0 Å². The van der Waals surface area contributed by atoms with Crippen LogP contribution in [0.2, 0.25) is 0 Å². The topological polar surface area (TPSA) is 35.6 Å². The van der Waals surface area contributed by atoms with Crippen molar-refractivity contribution in [3.8, 4) is 0 Å². The summed E-state index contributed by atoms with van der Waals surface area (Å²) in [5.74, 6) is 0. The number of nitrogens with one attached hydrogen (secondary N) is 1. The Kier molecular flexibility index (Phi) is 6.32. The van der Waals surface area contributed by atoms with Crippen molar-refractivity contribution < 1.29 is 6.22 Å². The number of amides is 2. The third-order valence-corrected chi connectivity index (χ3v) is 1.88. The molecule has 0 aromatic rings. The summed E-state index contributed by atoms with van der Waals surface area (Å²) in [6, 6.07) is 0.0151. The van der Waals surface area contributed by atoms with Gasteiger partial charge in [-0.1, -0.05) is 0 Å². The number of carbonyl (C=O) groups excluding carboxylic acids is 1. The van der Waals surface area contributed by atoms with E-state index in [4.69, 9.17) is 0 Å². The number of rotatable bonds is 5. The second-order valence-electron chi connectivity index (χ2n) is 3.40. The van der Waals surface area contributed by atoms with Crippen LogP contribution in [0.5, 0.6) is 0 Å². The van der Waals surface area contributed by atoms with Crippen molar-refractivity contribution in [2.45, 2.75) is 13.3 Å². The largest absolute Gasteiger partial charge is 0.338 e. The molecule has 0 aromatic carbocycles. The zero-order valence-corrected chi connectivity index (χ0v) is 9.13. The molecule has 0 bridgehead atoms. The summed E-state index contributed by atoms with van der Waals surface area (Å²) in [5, 5.41) is 2.85. The lowest BCUT2D eigenvalue weighted by Crippen LogP contribution is -2.38. The molecule has 0 aromatic heterocycles. The Bertz CT molecular complexity index is 153. The van der Waals surface area contributed by atoms with E-state index in [0.29, 0.717) is 0 Å². The minimum atomic E-state index is 0. The Morgan fingerprint density at radius 1 is 1.38 bits per heavy atom. The van der Waals surface area contributed by atoms with Gasteiger partial charge in [0.2, 0.25) is 0 Å². The van der Waals surface area contributed by atoms with Gasteiger partial charge < -0.3 is 15.1 Å². The standard InChI is InChI=1S/C9H21N3O.H2/c1-5-12(4)9(13)10-7-6-8-11(2)3;/h5-8H2,1-4H3,(H,10,13);1H. The van der Waals surface area contributed by atoms with Crippen LogP contribution in [0.1, 0.15) is 14.8 Å². The molecule has 80 valence electrons. The lowest BCUT2D eigenvalue weighted by atomic mass is 10.4. The van der Waals surface area contributed by atoms with Crippen LogP contribution >= 0.6 is 0 Å². The second kappa shape index (κ2) is 6.71. The van der Waals surface area contributed by atoms with E-state index in [9.17, 15) is 4.79 Å². The highest BCUT2D eigenvalue weighted by molar-refractivity contribution is 5.73. The molecule has 0 heterocycles. The van der Waals surface area contributed by atoms with Gasteiger partial charge in [0.1, 0.15) is 0 Å². The van der Waals surface area contributed by atoms with Crippen LogP contribution in [0.15, 0.2) is 0 Å². The zero-order valence-electron chi connectivity index (χ0n) is 9.13. The molecule has 4 nitrogen and oxygen atoms in total. The van der Waals surface area contributed by atoms with Gasteiger partial charge in [0.25, 0.3) is 0 Å². The van der Waals surface area contributed by atoms with Gasteiger partial charge in [0.05, 0.1) is 0 Å². The minimum absolute atomic E-state index is 0. The van der Waals surface area contributed by atoms with E-state index < -0.39 is 0 Å². The lowest BCUT2D eigenvalue weighted by molar-refractivity contribution is 0.210. The highest BCUT2D eigenvalue weighted by Crippen LogP contribution is 1.85. The number of urea groups is 1. The van der Waals surface area contributed by atoms with Crippen molar-refractivity contribution in [3.05, 3.63) is 0 Å². The number of hydrogen-bond acceptors (Lipinski definition) is 2. The third-order valence-electron chi connectivity index (χ3n) is 1.88. The van der Waals surface area contributed by atoms with Crippen LogP contribution in [-0.2, 0) is 0 Å².